The van der Waals surface area contributed by atoms with Gasteiger partial charge in [0, 0.05) is 59.6 Å². The van der Waals surface area contributed by atoms with Crippen LogP contribution in [0.25, 0.3) is 0 Å². The fraction of sp³-hybridized carbons (Fsp3) is 1.00. The van der Waals surface area contributed by atoms with Crippen LogP contribution in [0.5, 0.6) is 0 Å². The molecule has 0 saturated carbocycles. The molecule has 4 rings (SSSR count). The molecule has 0 aromatic carbocycles. The molecule has 13 nitrogen and oxygen atoms in total. The monoisotopic (exact) mass is 598 g/mol. The third kappa shape index (κ3) is 6.50. The van der Waals surface area contributed by atoms with Gasteiger partial charge in [-0.05, 0) is 6.55 Å². The van der Waals surface area contributed by atoms with Gasteiger partial charge in [0.1, 0.15) is 0 Å². The maximum absolute atomic E-state index is 9.72. The van der Waals surface area contributed by atoms with E-state index in [9.17, 15) is 5.11 Å². The van der Waals surface area contributed by atoms with E-state index in [0.29, 0.717) is 6.23 Å². The van der Waals surface area contributed by atoms with Crippen LogP contribution in [0.4, 0.5) is 0 Å². The zero-order chi connectivity index (χ0) is 23.9. The van der Waals surface area contributed by atoms with Crippen LogP contribution in [-0.2, 0) is 50.3 Å². The first-order chi connectivity index (χ1) is 14.7. The number of fused-ring (bicyclic) bond motifs is 4. The lowest BCUT2D eigenvalue weighted by Gasteiger charge is -2.53. The summed E-state index contributed by atoms with van der Waals surface area (Å²) in [6.07, 6.45) is 0.345. The van der Waals surface area contributed by atoms with Crippen molar-refractivity contribution in [3.63, 3.8) is 0 Å². The van der Waals surface area contributed by atoms with Gasteiger partial charge in [-0.2, -0.15) is 0 Å². The van der Waals surface area contributed by atoms with Crippen LogP contribution >= 0.6 is 0 Å². The molecule has 0 spiro atoms. The maximum Gasteiger partial charge on any atom is 0.482 e. The molecule has 4 aliphatic rings. The highest BCUT2D eigenvalue weighted by Crippen LogP contribution is 2.41. The topological polar surface area (TPSA) is 131 Å². The Morgan fingerprint density at radius 2 is 1.28 bits per heavy atom. The van der Waals surface area contributed by atoms with Gasteiger partial charge in [-0.1, -0.05) is 0 Å². The highest BCUT2D eigenvalue weighted by molar-refractivity contribution is 6.96. The second-order valence-corrected chi connectivity index (χ2v) is 30.2. The Balaban J connectivity index is 0.000000913. The summed E-state index contributed by atoms with van der Waals surface area (Å²) < 4.78 is 74.0. The van der Waals surface area contributed by atoms with E-state index in [4.69, 9.17) is 45.6 Å². The predicted molar refractivity (Wildman–Crippen MR) is 127 cm³/mol. The van der Waals surface area contributed by atoms with E-state index in [0.717, 1.165) is 0 Å². The van der Waals surface area contributed by atoms with Gasteiger partial charge < -0.3 is 55.4 Å². The van der Waals surface area contributed by atoms with E-state index in [1.165, 1.54) is 0 Å². The molecule has 6 bridgehead atoms. The van der Waals surface area contributed by atoms with Crippen molar-refractivity contribution in [2.24, 2.45) is 0 Å². The third-order valence-electron chi connectivity index (χ3n) is 4.55. The molecule has 4 saturated heterocycles. The minimum atomic E-state index is -3.47. The van der Waals surface area contributed by atoms with Crippen LogP contribution in [0, 0.1) is 0 Å². The summed E-state index contributed by atoms with van der Waals surface area (Å²) in [7, 11) is -20.4. The van der Waals surface area contributed by atoms with Crippen molar-refractivity contribution in [3.05, 3.63) is 0 Å². The van der Waals surface area contributed by atoms with Gasteiger partial charge >= 0.3 is 52.8 Å². The molecular formula is C11H34O13Si8. The normalized spacial score (nSPS) is 51.8. The molecule has 4 fully saturated rings. The molecule has 0 aliphatic carbocycles. The quantitative estimate of drug-likeness (QED) is 0.396. The summed E-state index contributed by atoms with van der Waals surface area (Å²) in [5, 5.41) is 9.72. The minimum Gasteiger partial charge on any atom is -0.417 e. The Morgan fingerprint density at radius 3 is 1.94 bits per heavy atom. The fourth-order valence-electron chi connectivity index (χ4n) is 3.89. The molecule has 4 aliphatic heterocycles. The van der Waals surface area contributed by atoms with Gasteiger partial charge in [-0.3, -0.25) is 0 Å². The molecule has 4 heterocycles. The molecule has 0 aromatic heterocycles. The summed E-state index contributed by atoms with van der Waals surface area (Å²) in [6.45, 7) is 10.7. The molecule has 0 amide bonds. The lowest BCUT2D eigenvalue weighted by molar-refractivity contribution is 0.0338. The largest absolute Gasteiger partial charge is 0.482 e. The van der Waals surface area contributed by atoms with Crippen molar-refractivity contribution in [2.45, 2.75) is 45.3 Å². The highest BCUT2D eigenvalue weighted by Gasteiger charge is 2.71. The van der Waals surface area contributed by atoms with Crippen LogP contribution < -0.4 is 0 Å². The highest BCUT2D eigenvalue weighted by atomic mass is 28.6. The summed E-state index contributed by atoms with van der Waals surface area (Å²) in [5.41, 5.74) is 0. The van der Waals surface area contributed by atoms with Crippen LogP contribution in [0.3, 0.4) is 0 Å². The average Bonchev–Trinajstić information content (AvgIpc) is 2.59. The van der Waals surface area contributed by atoms with E-state index >= 15 is 0 Å². The second-order valence-electron chi connectivity index (χ2n) is 8.24. The van der Waals surface area contributed by atoms with Crippen molar-refractivity contribution in [1.29, 1.82) is 0 Å². The number of aliphatic hydroxyl groups is 1. The molecule has 188 valence electrons. The van der Waals surface area contributed by atoms with E-state index in [1.807, 2.05) is 13.1 Å². The lowest BCUT2D eigenvalue weighted by atomic mass is 10.9. The van der Waals surface area contributed by atoms with E-state index in [2.05, 4.69) is 4.74 Å². The Bertz CT molecular complexity index is 684. The van der Waals surface area contributed by atoms with Gasteiger partial charge in [0.25, 0.3) is 10.0 Å². The smallest absolute Gasteiger partial charge is 0.417 e. The summed E-state index contributed by atoms with van der Waals surface area (Å²) in [4.78, 5) is 0. The Kier molecular flexibility index (Phi) is 8.63. The molecule has 0 radical (unpaired) electrons. The van der Waals surface area contributed by atoms with Gasteiger partial charge in [-0.15, -0.1) is 0 Å². The zero-order valence-electron chi connectivity index (χ0n) is 19.8. The number of hydrogen-bond acceptors (Lipinski definition) is 13. The number of methoxy groups -OCH3 is 1. The number of aliphatic hydroxyl groups excluding tert-OH is 1. The van der Waals surface area contributed by atoms with Crippen molar-refractivity contribution in [3.8, 4) is 0 Å². The summed E-state index contributed by atoms with van der Waals surface area (Å²) >= 11 is 0. The molecule has 21 heteroatoms. The fourth-order valence-corrected chi connectivity index (χ4v) is 41.4. The second kappa shape index (κ2) is 9.93. The van der Waals surface area contributed by atoms with Crippen LogP contribution in [-0.4, -0.2) is 104 Å². The molecule has 7 unspecified atom stereocenters. The number of hydrogen-bond donors (Lipinski definition) is 1. The van der Waals surface area contributed by atoms with Gasteiger partial charge in [0.05, 0.1) is 6.23 Å². The van der Waals surface area contributed by atoms with Crippen molar-refractivity contribution in [2.75, 3.05) is 27.1 Å². The molecule has 32 heavy (non-hydrogen) atoms. The summed E-state index contributed by atoms with van der Waals surface area (Å²) in [6, 6.07) is 0.155. The standard InChI is InChI=1S/C9H28O12Si8.C2H6O/c1-23-9-11-24(2)15-27(5)18-26(4,14-23)16-25(3)12-22-13-29(20-24,8-7-10)21-28(6,17-25)19-27;1-3-2/h10,23H,7-9,22H2,1-6H3;1-2H3. The van der Waals surface area contributed by atoms with Gasteiger partial charge in [-0.25, -0.2) is 0 Å². The molecule has 0 aromatic rings. The van der Waals surface area contributed by atoms with E-state index in [-0.39, 0.29) is 12.7 Å². The van der Waals surface area contributed by atoms with Crippen LogP contribution in [0.15, 0.2) is 0 Å². The first kappa shape index (κ1) is 27.8. The van der Waals surface area contributed by atoms with Crippen molar-refractivity contribution < 1.29 is 55.4 Å². The zero-order valence-corrected chi connectivity index (χ0v) is 28.3. The molecule has 7 atom stereocenters. The van der Waals surface area contributed by atoms with Crippen LogP contribution in [0.1, 0.15) is 0 Å². The van der Waals surface area contributed by atoms with E-state index < -0.39 is 71.9 Å². The first-order valence-corrected chi connectivity index (χ1v) is 26.9. The average molecular weight is 599 g/mol. The Hall–Kier alpha value is 1.22. The predicted octanol–water partition coefficient (Wildman–Crippen LogP) is -0.848. The Labute approximate surface area is 199 Å². The first-order valence-electron chi connectivity index (χ1n) is 10.2. The van der Waals surface area contributed by atoms with Crippen molar-refractivity contribution in [1.82, 2.24) is 0 Å². The van der Waals surface area contributed by atoms with Gasteiger partial charge in [0.15, 0.2) is 9.04 Å². The number of rotatable bonds is 2. The third-order valence-corrected chi connectivity index (χ3v) is 35.5. The minimum absolute atomic E-state index is 0.155. The number of ether oxygens (including phenoxy) is 1. The SMILES string of the molecule is COC.C[SiH]1CO[Si]2(C)O[Si]3(C)O[Si](C)(O1)O[Si]1(C)O[SiH2]O[Si](CCO)(O2)O[Si](C)(O1)O3. The molecule has 1 N–H and O–H groups in total. The maximum atomic E-state index is 9.72. The van der Waals surface area contributed by atoms with Gasteiger partial charge in [0.2, 0.25) is 0 Å². The van der Waals surface area contributed by atoms with Crippen molar-refractivity contribution >= 4 is 71.9 Å². The van der Waals surface area contributed by atoms with E-state index in [1.54, 1.807) is 40.4 Å². The van der Waals surface area contributed by atoms with Crippen LogP contribution in [0.2, 0.25) is 45.3 Å². The lowest BCUT2D eigenvalue weighted by Crippen LogP contribution is -2.78. The summed E-state index contributed by atoms with van der Waals surface area (Å²) in [5.74, 6) is 0. The molecular weight excluding hydrogens is 565 g/mol. The Morgan fingerprint density at radius 1 is 0.781 bits per heavy atom.